The fourth-order valence-corrected chi connectivity index (χ4v) is 4.45. The molecule has 1 aliphatic heterocycles. The average molecular weight is 266 g/mol. The highest BCUT2D eigenvalue weighted by atomic mass is 32.2. The molecule has 1 aromatic rings. The zero-order chi connectivity index (χ0) is 12.6. The van der Waals surface area contributed by atoms with Crippen molar-refractivity contribution in [3.05, 3.63) is 18.5 Å². The summed E-state index contributed by atoms with van der Waals surface area (Å²) in [7, 11) is -1.04. The molecular weight excluding hydrogens is 248 g/mol. The number of anilines is 1. The molecule has 2 aliphatic rings. The summed E-state index contributed by atoms with van der Waals surface area (Å²) in [6, 6.07) is 1.77. The molecule has 0 bridgehead atoms. The summed E-state index contributed by atoms with van der Waals surface area (Å²) in [5.41, 5.74) is 6.42. The number of nitrogen functional groups attached to an aromatic ring is 1. The summed E-state index contributed by atoms with van der Waals surface area (Å²) in [5, 5.41) is 0.170. The van der Waals surface area contributed by atoms with E-state index in [1.165, 1.54) is 6.42 Å². The Morgan fingerprint density at radius 3 is 3.00 bits per heavy atom. The van der Waals surface area contributed by atoms with Crippen molar-refractivity contribution in [2.75, 3.05) is 12.3 Å². The van der Waals surface area contributed by atoms with Crippen LogP contribution in [0, 0.1) is 0 Å². The molecule has 2 N–H and O–H groups in total. The highest BCUT2D eigenvalue weighted by Gasteiger charge is 2.44. The fourth-order valence-electron chi connectivity index (χ4n) is 2.84. The first-order valence-corrected chi connectivity index (χ1v) is 7.66. The van der Waals surface area contributed by atoms with Gasteiger partial charge in [0.1, 0.15) is 0 Å². The van der Waals surface area contributed by atoms with Gasteiger partial charge < -0.3 is 10.5 Å². The minimum Gasteiger partial charge on any atom is -0.396 e. The molecule has 2 unspecified atom stereocenters. The van der Waals surface area contributed by atoms with E-state index in [2.05, 4.69) is 4.98 Å². The second-order valence-electron chi connectivity index (χ2n) is 5.21. The topological polar surface area (TPSA) is 65.2 Å². The molecule has 98 valence electrons. The van der Waals surface area contributed by atoms with Gasteiger partial charge in [-0.05, 0) is 38.2 Å². The van der Waals surface area contributed by atoms with E-state index in [-0.39, 0.29) is 10.9 Å². The van der Waals surface area contributed by atoms with Crippen LogP contribution in [-0.4, -0.2) is 26.7 Å². The van der Waals surface area contributed by atoms with Crippen LogP contribution >= 0.6 is 0 Å². The molecule has 2 atom stereocenters. The van der Waals surface area contributed by atoms with Crippen LogP contribution in [0.4, 0.5) is 5.69 Å². The van der Waals surface area contributed by atoms with Gasteiger partial charge in [0.15, 0.2) is 0 Å². The second-order valence-corrected chi connectivity index (χ2v) is 6.91. The Hall–Kier alpha value is -0.940. The molecule has 0 radical (unpaired) electrons. The van der Waals surface area contributed by atoms with Gasteiger partial charge in [-0.1, -0.05) is 0 Å². The maximum Gasteiger partial charge on any atom is 0.0694 e. The Morgan fingerprint density at radius 2 is 2.33 bits per heavy atom. The summed E-state index contributed by atoms with van der Waals surface area (Å²) in [4.78, 5) is 4.67. The lowest BCUT2D eigenvalue weighted by atomic mass is 9.75. The number of hydrogen-bond donors (Lipinski definition) is 1. The predicted octanol–water partition coefficient (Wildman–Crippen LogP) is 1.87. The number of ether oxygens (including phenoxy) is 1. The summed E-state index contributed by atoms with van der Waals surface area (Å²) in [6.07, 6.45) is 8.46. The highest BCUT2D eigenvalue weighted by Crippen LogP contribution is 2.44. The minimum absolute atomic E-state index is 0.0281. The highest BCUT2D eigenvalue weighted by molar-refractivity contribution is 7.85. The van der Waals surface area contributed by atoms with Crippen molar-refractivity contribution >= 4 is 16.5 Å². The van der Waals surface area contributed by atoms with Gasteiger partial charge in [-0.3, -0.25) is 9.19 Å². The normalized spacial score (nSPS) is 27.7. The van der Waals surface area contributed by atoms with Crippen LogP contribution in [0.3, 0.4) is 0 Å². The van der Waals surface area contributed by atoms with E-state index in [0.29, 0.717) is 5.69 Å². The van der Waals surface area contributed by atoms with Crippen LogP contribution in [0.5, 0.6) is 0 Å². The molecule has 2 fully saturated rings. The van der Waals surface area contributed by atoms with Crippen molar-refractivity contribution < 1.29 is 8.95 Å². The van der Waals surface area contributed by atoms with Crippen molar-refractivity contribution in [1.82, 2.24) is 4.98 Å². The van der Waals surface area contributed by atoms with Crippen LogP contribution in [0.1, 0.15) is 32.1 Å². The molecule has 0 amide bonds. The van der Waals surface area contributed by atoms with Crippen LogP contribution in [0.2, 0.25) is 0 Å². The van der Waals surface area contributed by atoms with Crippen molar-refractivity contribution in [3.8, 4) is 0 Å². The van der Waals surface area contributed by atoms with E-state index in [9.17, 15) is 4.21 Å². The van der Waals surface area contributed by atoms with Crippen molar-refractivity contribution in [3.63, 3.8) is 0 Å². The molecule has 3 rings (SSSR count). The Labute approximate surface area is 109 Å². The lowest BCUT2D eigenvalue weighted by Gasteiger charge is -2.46. The molecule has 2 heterocycles. The smallest absolute Gasteiger partial charge is 0.0694 e. The number of aromatic nitrogens is 1. The number of rotatable bonds is 2. The third-order valence-electron chi connectivity index (χ3n) is 4.04. The van der Waals surface area contributed by atoms with E-state index in [0.717, 1.165) is 37.2 Å². The quantitative estimate of drug-likeness (QED) is 0.887. The van der Waals surface area contributed by atoms with Gasteiger partial charge in [0.05, 0.1) is 33.2 Å². The van der Waals surface area contributed by atoms with Crippen molar-refractivity contribution in [2.24, 2.45) is 0 Å². The first-order chi connectivity index (χ1) is 8.70. The van der Waals surface area contributed by atoms with E-state index in [4.69, 9.17) is 10.5 Å². The van der Waals surface area contributed by atoms with E-state index in [1.54, 1.807) is 18.5 Å². The Balaban J connectivity index is 1.78. The molecule has 1 aromatic heterocycles. The number of nitrogens with zero attached hydrogens (tertiary/aromatic N) is 1. The second kappa shape index (κ2) is 4.63. The summed E-state index contributed by atoms with van der Waals surface area (Å²) in [6.45, 7) is 0.724. The first kappa shape index (κ1) is 12.1. The van der Waals surface area contributed by atoms with Gasteiger partial charge in [-0.25, -0.2) is 0 Å². The number of hydrogen-bond acceptors (Lipinski definition) is 4. The van der Waals surface area contributed by atoms with Crippen LogP contribution < -0.4 is 5.73 Å². The molecule has 0 aromatic carbocycles. The van der Waals surface area contributed by atoms with E-state index in [1.807, 2.05) is 0 Å². The lowest BCUT2D eigenvalue weighted by Crippen LogP contribution is -2.48. The van der Waals surface area contributed by atoms with Crippen molar-refractivity contribution in [2.45, 2.75) is 47.9 Å². The zero-order valence-corrected chi connectivity index (χ0v) is 11.1. The monoisotopic (exact) mass is 266 g/mol. The maximum absolute atomic E-state index is 12.6. The van der Waals surface area contributed by atoms with E-state index >= 15 is 0 Å². The van der Waals surface area contributed by atoms with Crippen LogP contribution in [-0.2, 0) is 15.5 Å². The van der Waals surface area contributed by atoms with Crippen LogP contribution in [0.15, 0.2) is 23.4 Å². The molecule has 18 heavy (non-hydrogen) atoms. The average Bonchev–Trinajstić information content (AvgIpc) is 2.37. The van der Waals surface area contributed by atoms with Crippen molar-refractivity contribution in [1.29, 1.82) is 0 Å². The van der Waals surface area contributed by atoms with Gasteiger partial charge in [0, 0.05) is 18.1 Å². The molecule has 1 saturated heterocycles. The van der Waals surface area contributed by atoms with Gasteiger partial charge in [-0.2, -0.15) is 0 Å². The largest absolute Gasteiger partial charge is 0.396 e. The Kier molecular flexibility index (Phi) is 3.11. The molecule has 5 heteroatoms. The zero-order valence-electron chi connectivity index (χ0n) is 10.3. The van der Waals surface area contributed by atoms with Crippen LogP contribution in [0.25, 0.3) is 0 Å². The third kappa shape index (κ3) is 2.06. The first-order valence-electron chi connectivity index (χ1n) is 6.44. The molecule has 4 nitrogen and oxygen atoms in total. The lowest BCUT2D eigenvalue weighted by molar-refractivity contribution is -0.125. The molecule has 1 spiro atoms. The van der Waals surface area contributed by atoms with Gasteiger partial charge >= 0.3 is 0 Å². The SMILES string of the molecule is Nc1cnccc1S(=O)C1CCOC2(CCC2)C1. The number of pyridine rings is 1. The summed E-state index contributed by atoms with van der Waals surface area (Å²) in [5.74, 6) is 0. The van der Waals surface area contributed by atoms with Gasteiger partial charge in [-0.15, -0.1) is 0 Å². The van der Waals surface area contributed by atoms with E-state index < -0.39 is 10.8 Å². The molecular formula is C13H18N2O2S. The maximum atomic E-state index is 12.6. The summed E-state index contributed by atoms with van der Waals surface area (Å²) >= 11 is 0. The number of nitrogens with two attached hydrogens (primary N) is 1. The Morgan fingerprint density at radius 1 is 1.50 bits per heavy atom. The minimum atomic E-state index is -1.04. The fraction of sp³-hybridized carbons (Fsp3) is 0.615. The molecule has 1 aliphatic carbocycles. The standard InChI is InChI=1S/C13H18N2O2S/c14-11-9-15-6-2-12(11)18(16)10-3-7-17-13(8-10)4-1-5-13/h2,6,9-10H,1,3-5,7-8,14H2. The predicted molar refractivity (Wildman–Crippen MR) is 70.6 cm³/mol. The summed E-state index contributed by atoms with van der Waals surface area (Å²) < 4.78 is 18.5. The third-order valence-corrected chi connectivity index (χ3v) is 5.86. The van der Waals surface area contributed by atoms with Gasteiger partial charge in [0.2, 0.25) is 0 Å². The van der Waals surface area contributed by atoms with Gasteiger partial charge in [0.25, 0.3) is 0 Å². The Bertz CT molecular complexity index is 474. The molecule has 1 saturated carbocycles.